The monoisotopic (exact) mass is 553 g/mol. The third-order valence-corrected chi connectivity index (χ3v) is 8.55. The number of hydrogen-bond acceptors (Lipinski definition) is 9. The van der Waals surface area contributed by atoms with Crippen LogP contribution in [0.5, 0.6) is 6.01 Å². The number of anilines is 2. The highest BCUT2D eigenvalue weighted by Crippen LogP contribution is 2.35. The van der Waals surface area contributed by atoms with E-state index in [0.717, 1.165) is 57.3 Å². The summed E-state index contributed by atoms with van der Waals surface area (Å²) in [7, 11) is 2.11. The number of likely N-dealkylation sites (N-methyl/N-ethyl adjacent to an activating group) is 1. The molecule has 1 unspecified atom stereocenters. The molecule has 0 amide bonds. The predicted octanol–water partition coefficient (Wildman–Crippen LogP) is 3.84. The maximum absolute atomic E-state index is 9.54. The van der Waals surface area contributed by atoms with E-state index in [1.165, 1.54) is 22.0 Å². The second-order valence-electron chi connectivity index (χ2n) is 11.1. The molecule has 214 valence electrons. The van der Waals surface area contributed by atoms with Crippen molar-refractivity contribution in [3.05, 3.63) is 66.0 Å². The number of aromatic nitrogens is 2. The second kappa shape index (κ2) is 12.3. The first-order valence-electron chi connectivity index (χ1n) is 14.7. The van der Waals surface area contributed by atoms with Crippen LogP contribution in [0.2, 0.25) is 0 Å². The Morgan fingerprint density at radius 3 is 2.78 bits per heavy atom. The fraction of sp³-hybridized carbons (Fsp3) is 0.469. The lowest BCUT2D eigenvalue weighted by Gasteiger charge is -2.42. The van der Waals surface area contributed by atoms with Gasteiger partial charge in [0.1, 0.15) is 12.4 Å². The average Bonchev–Trinajstić information content (AvgIpc) is 3.01. The van der Waals surface area contributed by atoms with Gasteiger partial charge >= 0.3 is 6.01 Å². The van der Waals surface area contributed by atoms with Crippen LogP contribution in [0.25, 0.3) is 10.8 Å². The maximum atomic E-state index is 9.54. The number of fused-ring (bicyclic) bond motifs is 2. The Bertz CT molecular complexity index is 1430. The summed E-state index contributed by atoms with van der Waals surface area (Å²) < 4.78 is 12.0. The molecule has 4 heterocycles. The smallest absolute Gasteiger partial charge is 0.318 e. The molecule has 41 heavy (non-hydrogen) atoms. The van der Waals surface area contributed by atoms with E-state index >= 15 is 0 Å². The molecule has 0 radical (unpaired) electrons. The van der Waals surface area contributed by atoms with Gasteiger partial charge < -0.3 is 24.2 Å². The topological polar surface area (TPSA) is 81.0 Å². The number of morpholine rings is 1. The van der Waals surface area contributed by atoms with Gasteiger partial charge in [0.05, 0.1) is 50.0 Å². The summed E-state index contributed by atoms with van der Waals surface area (Å²) in [6, 6.07) is 18.2. The van der Waals surface area contributed by atoms with Crippen molar-refractivity contribution < 1.29 is 9.47 Å². The SMILES string of the molecule is CC=CN1CCN(c2nc(OC[C@@H]3COCCN3C)nc3c2CCN(c2cccc4ccccc24)C3)CC1CC#N. The summed E-state index contributed by atoms with van der Waals surface area (Å²) in [5.41, 5.74) is 3.44. The molecule has 1 aromatic heterocycles. The van der Waals surface area contributed by atoms with Crippen molar-refractivity contribution >= 4 is 22.3 Å². The quantitative estimate of drug-likeness (QED) is 0.434. The molecule has 0 bridgehead atoms. The lowest BCUT2D eigenvalue weighted by molar-refractivity contribution is -0.0120. The number of piperazine rings is 1. The molecule has 2 fully saturated rings. The van der Waals surface area contributed by atoms with Crippen LogP contribution >= 0.6 is 0 Å². The summed E-state index contributed by atoms with van der Waals surface area (Å²) in [4.78, 5) is 19.4. The summed E-state index contributed by atoms with van der Waals surface area (Å²) in [6.45, 7) is 8.80. The fourth-order valence-electron chi connectivity index (χ4n) is 6.22. The molecular weight excluding hydrogens is 514 g/mol. The predicted molar refractivity (Wildman–Crippen MR) is 161 cm³/mol. The highest BCUT2D eigenvalue weighted by atomic mass is 16.5. The van der Waals surface area contributed by atoms with Crippen LogP contribution in [0.1, 0.15) is 24.6 Å². The largest absolute Gasteiger partial charge is 0.462 e. The molecule has 0 spiro atoms. The highest BCUT2D eigenvalue weighted by Gasteiger charge is 2.31. The van der Waals surface area contributed by atoms with Gasteiger partial charge in [-0.25, -0.2) is 0 Å². The fourth-order valence-corrected chi connectivity index (χ4v) is 6.22. The van der Waals surface area contributed by atoms with Gasteiger partial charge in [0.25, 0.3) is 0 Å². The van der Waals surface area contributed by atoms with Gasteiger partial charge in [0, 0.05) is 49.4 Å². The van der Waals surface area contributed by atoms with Crippen molar-refractivity contribution in [3.8, 4) is 12.1 Å². The zero-order valence-corrected chi connectivity index (χ0v) is 24.1. The molecule has 3 aliphatic heterocycles. The first kappa shape index (κ1) is 27.3. The number of hydrogen-bond donors (Lipinski definition) is 0. The Morgan fingerprint density at radius 2 is 1.93 bits per heavy atom. The van der Waals surface area contributed by atoms with Crippen molar-refractivity contribution in [1.82, 2.24) is 19.8 Å². The van der Waals surface area contributed by atoms with Crippen LogP contribution in [0, 0.1) is 11.3 Å². The van der Waals surface area contributed by atoms with Crippen LogP contribution in [0.3, 0.4) is 0 Å². The normalized spacial score (nSPS) is 21.7. The Morgan fingerprint density at radius 1 is 1.05 bits per heavy atom. The van der Waals surface area contributed by atoms with Gasteiger partial charge in [-0.2, -0.15) is 15.2 Å². The van der Waals surface area contributed by atoms with E-state index in [4.69, 9.17) is 19.4 Å². The van der Waals surface area contributed by atoms with Gasteiger partial charge in [-0.1, -0.05) is 42.5 Å². The van der Waals surface area contributed by atoms with Crippen molar-refractivity contribution in [2.75, 3.05) is 69.4 Å². The molecule has 9 heteroatoms. The summed E-state index contributed by atoms with van der Waals surface area (Å²) in [6.07, 6.45) is 5.48. The van der Waals surface area contributed by atoms with E-state index < -0.39 is 0 Å². The van der Waals surface area contributed by atoms with Gasteiger partial charge in [-0.05, 0) is 38.0 Å². The molecule has 2 atom stereocenters. The minimum absolute atomic E-state index is 0.115. The van der Waals surface area contributed by atoms with E-state index in [-0.39, 0.29) is 12.1 Å². The molecule has 3 aliphatic rings. The highest BCUT2D eigenvalue weighted by molar-refractivity contribution is 5.94. The number of nitriles is 1. The summed E-state index contributed by atoms with van der Waals surface area (Å²) >= 11 is 0. The molecule has 2 aromatic carbocycles. The van der Waals surface area contributed by atoms with Crippen LogP contribution in [0.15, 0.2) is 54.7 Å². The van der Waals surface area contributed by atoms with Gasteiger partial charge in [-0.3, -0.25) is 4.90 Å². The average molecular weight is 554 g/mol. The summed E-state index contributed by atoms with van der Waals surface area (Å²) in [5.74, 6) is 0.957. The van der Waals surface area contributed by atoms with Crippen LogP contribution in [-0.2, 0) is 17.7 Å². The van der Waals surface area contributed by atoms with Crippen LogP contribution in [0.4, 0.5) is 11.5 Å². The van der Waals surface area contributed by atoms with Crippen LogP contribution in [-0.4, -0.2) is 91.4 Å². The minimum atomic E-state index is 0.115. The number of allylic oxidation sites excluding steroid dienone is 1. The Labute approximate surface area is 242 Å². The zero-order chi connectivity index (χ0) is 28.2. The van der Waals surface area contributed by atoms with Crippen molar-refractivity contribution in [1.29, 1.82) is 5.26 Å². The van der Waals surface area contributed by atoms with Gasteiger partial charge in [0.2, 0.25) is 0 Å². The molecule has 0 aliphatic carbocycles. The molecule has 0 saturated carbocycles. The van der Waals surface area contributed by atoms with E-state index in [0.29, 0.717) is 32.2 Å². The van der Waals surface area contributed by atoms with Crippen molar-refractivity contribution in [2.24, 2.45) is 0 Å². The van der Waals surface area contributed by atoms with E-state index in [1.54, 1.807) is 0 Å². The number of rotatable bonds is 7. The minimum Gasteiger partial charge on any atom is -0.462 e. The molecular formula is C32H39N7O2. The van der Waals surface area contributed by atoms with Crippen molar-refractivity contribution in [2.45, 2.75) is 38.4 Å². The third kappa shape index (κ3) is 5.81. The first-order valence-corrected chi connectivity index (χ1v) is 14.7. The van der Waals surface area contributed by atoms with Crippen molar-refractivity contribution in [3.63, 3.8) is 0 Å². The van der Waals surface area contributed by atoms with Gasteiger partial charge in [0.15, 0.2) is 0 Å². The number of benzene rings is 2. The number of nitrogens with zero attached hydrogens (tertiary/aromatic N) is 7. The lowest BCUT2D eigenvalue weighted by atomic mass is 10.0. The standard InChI is InChI=1S/C32H39N7O2/c1-3-14-37-16-17-39(20-25(37)11-13-33)31-28-12-15-38(30-10-6-8-24-7-4-5-9-27(24)30)21-29(28)34-32(35-31)41-23-26-22-40-19-18-36(26)2/h3-10,14,25-26H,11-12,15-23H2,1-2H3/t25?,26-/m0/s1. The maximum Gasteiger partial charge on any atom is 0.318 e. The Hall–Kier alpha value is -3.87. The van der Waals surface area contributed by atoms with E-state index in [2.05, 4.69) is 81.4 Å². The second-order valence-corrected chi connectivity index (χ2v) is 11.1. The molecule has 9 nitrogen and oxygen atoms in total. The van der Waals surface area contributed by atoms with Gasteiger partial charge in [-0.15, -0.1) is 0 Å². The van der Waals surface area contributed by atoms with Crippen LogP contribution < -0.4 is 14.5 Å². The zero-order valence-electron chi connectivity index (χ0n) is 24.1. The van der Waals surface area contributed by atoms with E-state index in [9.17, 15) is 5.26 Å². The molecule has 6 rings (SSSR count). The Kier molecular flexibility index (Phi) is 8.21. The molecule has 0 N–H and O–H groups in total. The Balaban J connectivity index is 1.32. The third-order valence-electron chi connectivity index (χ3n) is 8.55. The number of ether oxygens (including phenoxy) is 2. The molecule has 3 aromatic rings. The van der Waals surface area contributed by atoms with E-state index in [1.807, 2.05) is 13.0 Å². The molecule has 2 saturated heterocycles. The summed E-state index contributed by atoms with van der Waals surface area (Å²) in [5, 5.41) is 12.0. The first-order chi connectivity index (χ1) is 20.1. The lowest BCUT2D eigenvalue weighted by Crippen LogP contribution is -2.51.